The molecule has 1 aliphatic rings. The first kappa shape index (κ1) is 4.10. The molecule has 1 fully saturated rings. The number of rotatable bonds is 0. The van der Waals surface area contributed by atoms with E-state index < -0.39 is 6.17 Å². The molecule has 1 heteroatoms. The van der Waals surface area contributed by atoms with E-state index in [1.165, 1.54) is 0 Å². The average Bonchev–Trinajstić information content (AvgIpc) is 1.33. The average molecular weight is 87.1 g/mol. The molecule has 1 rings (SSSR count). The molecule has 0 heterocycles. The zero-order chi connectivity index (χ0) is 4.57. The molecule has 1 radical (unpaired) electrons. The molecule has 0 N–H and O–H groups in total. The van der Waals surface area contributed by atoms with Crippen molar-refractivity contribution in [3.63, 3.8) is 0 Å². The van der Waals surface area contributed by atoms with Gasteiger partial charge in [-0.25, -0.2) is 4.39 Å². The molecule has 0 aromatic carbocycles. The Bertz CT molecular complexity index is 39.9. The van der Waals surface area contributed by atoms with Crippen LogP contribution in [0.25, 0.3) is 0 Å². The van der Waals surface area contributed by atoms with Gasteiger partial charge in [0, 0.05) is 0 Å². The quantitative estimate of drug-likeness (QED) is 0.420. The van der Waals surface area contributed by atoms with Gasteiger partial charge >= 0.3 is 0 Å². The summed E-state index contributed by atoms with van der Waals surface area (Å²) in [7, 11) is 0. The maximum absolute atomic E-state index is 11.7. The van der Waals surface area contributed by atoms with E-state index in [-0.39, 0.29) is 0 Å². The highest BCUT2D eigenvalue weighted by atomic mass is 19.1. The Labute approximate surface area is 37.4 Å². The molecule has 6 heavy (non-hydrogen) atoms. The molecule has 0 aromatic heterocycles. The summed E-state index contributed by atoms with van der Waals surface area (Å²) >= 11 is 0. The van der Waals surface area contributed by atoms with E-state index in [0.29, 0.717) is 18.8 Å². The highest BCUT2D eigenvalue weighted by Gasteiger charge is 2.23. The smallest absolute Gasteiger partial charge is 0.101 e. The Morgan fingerprint density at radius 1 is 1.50 bits per heavy atom. The second-order valence-electron chi connectivity index (χ2n) is 1.93. The SMILES string of the molecule is [CH2]C1CC(F)C1. The van der Waals surface area contributed by atoms with Crippen LogP contribution < -0.4 is 0 Å². The summed E-state index contributed by atoms with van der Waals surface area (Å²) in [6.45, 7) is 3.65. The number of hydrogen-bond acceptors (Lipinski definition) is 0. The summed E-state index contributed by atoms with van der Waals surface area (Å²) in [5.74, 6) is 0.417. The van der Waals surface area contributed by atoms with Crippen molar-refractivity contribution in [2.45, 2.75) is 19.0 Å². The maximum Gasteiger partial charge on any atom is 0.101 e. The second-order valence-corrected chi connectivity index (χ2v) is 1.93. The van der Waals surface area contributed by atoms with Crippen LogP contribution in [0.3, 0.4) is 0 Å². The second kappa shape index (κ2) is 1.21. The van der Waals surface area contributed by atoms with E-state index in [9.17, 15) is 4.39 Å². The molecule has 0 nitrogen and oxygen atoms in total. The molecule has 0 spiro atoms. The normalized spacial score (nSPS) is 45.0. The van der Waals surface area contributed by atoms with Crippen LogP contribution in [0.15, 0.2) is 0 Å². The van der Waals surface area contributed by atoms with E-state index in [1.807, 2.05) is 0 Å². The van der Waals surface area contributed by atoms with Crippen LogP contribution in [-0.4, -0.2) is 6.17 Å². The molecular weight excluding hydrogens is 79.1 g/mol. The Kier molecular flexibility index (Phi) is 0.827. The third kappa shape index (κ3) is 0.537. The molecule has 0 atom stereocenters. The van der Waals surface area contributed by atoms with Gasteiger partial charge in [0.05, 0.1) is 0 Å². The van der Waals surface area contributed by atoms with Crippen molar-refractivity contribution in [2.75, 3.05) is 0 Å². The van der Waals surface area contributed by atoms with Crippen LogP contribution in [0.2, 0.25) is 0 Å². The predicted octanol–water partition coefficient (Wildman–Crippen LogP) is 1.57. The topological polar surface area (TPSA) is 0 Å². The first-order chi connectivity index (χ1) is 2.79. The summed E-state index contributed by atoms with van der Waals surface area (Å²) < 4.78 is 11.7. The lowest BCUT2D eigenvalue weighted by Gasteiger charge is -2.24. The fraction of sp³-hybridized carbons (Fsp3) is 0.800. The van der Waals surface area contributed by atoms with Crippen LogP contribution in [-0.2, 0) is 0 Å². The Hall–Kier alpha value is -0.0700. The number of alkyl halides is 1. The van der Waals surface area contributed by atoms with E-state index in [2.05, 4.69) is 6.92 Å². The van der Waals surface area contributed by atoms with Gasteiger partial charge in [-0.1, -0.05) is 0 Å². The largest absolute Gasteiger partial charge is 0.247 e. The minimum Gasteiger partial charge on any atom is -0.247 e. The highest BCUT2D eigenvalue weighted by molar-refractivity contribution is 4.79. The van der Waals surface area contributed by atoms with Gasteiger partial charge in [0.15, 0.2) is 0 Å². The van der Waals surface area contributed by atoms with Crippen LogP contribution in [0.5, 0.6) is 0 Å². The first-order valence-corrected chi connectivity index (χ1v) is 2.26. The summed E-state index contributed by atoms with van der Waals surface area (Å²) in [6.07, 6.45) is 0.868. The zero-order valence-electron chi connectivity index (χ0n) is 3.65. The van der Waals surface area contributed by atoms with Gasteiger partial charge in [-0.15, -0.1) is 0 Å². The zero-order valence-corrected chi connectivity index (χ0v) is 3.65. The van der Waals surface area contributed by atoms with Gasteiger partial charge in [0.25, 0.3) is 0 Å². The summed E-state index contributed by atoms with van der Waals surface area (Å²) in [6, 6.07) is 0. The van der Waals surface area contributed by atoms with Gasteiger partial charge < -0.3 is 0 Å². The van der Waals surface area contributed by atoms with Crippen LogP contribution >= 0.6 is 0 Å². The van der Waals surface area contributed by atoms with E-state index in [0.717, 1.165) is 0 Å². The summed E-state index contributed by atoms with van der Waals surface area (Å²) in [4.78, 5) is 0. The molecule has 0 unspecified atom stereocenters. The predicted molar refractivity (Wildman–Crippen MR) is 23.0 cm³/mol. The maximum atomic E-state index is 11.7. The van der Waals surface area contributed by atoms with Crippen molar-refractivity contribution in [3.8, 4) is 0 Å². The van der Waals surface area contributed by atoms with Crippen molar-refractivity contribution in [3.05, 3.63) is 6.92 Å². The Morgan fingerprint density at radius 2 is 2.00 bits per heavy atom. The van der Waals surface area contributed by atoms with Crippen molar-refractivity contribution < 1.29 is 4.39 Å². The molecule has 0 aliphatic heterocycles. The molecule has 0 saturated heterocycles. The summed E-state index contributed by atoms with van der Waals surface area (Å²) in [5.41, 5.74) is 0. The molecule has 1 saturated carbocycles. The molecular formula is C5H8F. The molecule has 0 aromatic rings. The third-order valence-corrected chi connectivity index (χ3v) is 1.18. The van der Waals surface area contributed by atoms with E-state index >= 15 is 0 Å². The van der Waals surface area contributed by atoms with Crippen LogP contribution in [0.4, 0.5) is 4.39 Å². The minimum absolute atomic E-state index is 0.417. The van der Waals surface area contributed by atoms with Crippen molar-refractivity contribution in [1.82, 2.24) is 0 Å². The van der Waals surface area contributed by atoms with Gasteiger partial charge in [-0.2, -0.15) is 0 Å². The van der Waals surface area contributed by atoms with Crippen LogP contribution in [0.1, 0.15) is 12.8 Å². The molecule has 0 bridgehead atoms. The molecule has 35 valence electrons. The van der Waals surface area contributed by atoms with Gasteiger partial charge in [0.2, 0.25) is 0 Å². The monoisotopic (exact) mass is 87.1 g/mol. The Morgan fingerprint density at radius 3 is 2.00 bits per heavy atom. The van der Waals surface area contributed by atoms with Gasteiger partial charge in [-0.3, -0.25) is 0 Å². The lowest BCUT2D eigenvalue weighted by molar-refractivity contribution is 0.161. The van der Waals surface area contributed by atoms with Crippen LogP contribution in [0, 0.1) is 12.8 Å². The third-order valence-electron chi connectivity index (χ3n) is 1.18. The Balaban J connectivity index is 2.11. The molecule has 0 amide bonds. The van der Waals surface area contributed by atoms with Crippen molar-refractivity contribution in [1.29, 1.82) is 0 Å². The van der Waals surface area contributed by atoms with Gasteiger partial charge in [0.1, 0.15) is 6.17 Å². The van der Waals surface area contributed by atoms with E-state index in [1.54, 1.807) is 0 Å². The summed E-state index contributed by atoms with van der Waals surface area (Å²) in [5, 5.41) is 0. The van der Waals surface area contributed by atoms with Crippen molar-refractivity contribution >= 4 is 0 Å². The highest BCUT2D eigenvalue weighted by Crippen LogP contribution is 2.28. The number of halogens is 1. The standard InChI is InChI=1S/C5H8F/c1-4-2-5(6)3-4/h4-5H,1-3H2. The minimum atomic E-state index is -0.521. The lowest BCUT2D eigenvalue weighted by atomic mass is 9.85. The lowest BCUT2D eigenvalue weighted by Crippen LogP contribution is -2.21. The van der Waals surface area contributed by atoms with Gasteiger partial charge in [-0.05, 0) is 25.7 Å². The fourth-order valence-electron chi connectivity index (χ4n) is 0.654. The molecule has 1 aliphatic carbocycles. The van der Waals surface area contributed by atoms with Crippen molar-refractivity contribution in [2.24, 2.45) is 5.92 Å². The number of hydrogen-bond donors (Lipinski definition) is 0. The fourth-order valence-corrected chi connectivity index (χ4v) is 0.654. The first-order valence-electron chi connectivity index (χ1n) is 2.26. The van der Waals surface area contributed by atoms with E-state index in [4.69, 9.17) is 0 Å².